The molecule has 0 aliphatic carbocycles. The highest BCUT2D eigenvalue weighted by Gasteiger charge is 2.29. The van der Waals surface area contributed by atoms with Gasteiger partial charge in [0.25, 0.3) is 0 Å². The van der Waals surface area contributed by atoms with E-state index in [-0.39, 0.29) is 10.5 Å². The van der Waals surface area contributed by atoms with Gasteiger partial charge in [-0.15, -0.1) is 0 Å². The van der Waals surface area contributed by atoms with Crippen molar-refractivity contribution in [3.05, 3.63) is 29.1 Å². The summed E-state index contributed by atoms with van der Waals surface area (Å²) in [7, 11) is 0.0626. The molecule has 5 nitrogen and oxygen atoms in total. The molecule has 1 aromatic rings. The van der Waals surface area contributed by atoms with Crippen LogP contribution in [0.2, 0.25) is 0 Å². The normalized spacial score (nSPS) is 18.1. The summed E-state index contributed by atoms with van der Waals surface area (Å²) in [5, 5.41) is 2.91. The lowest BCUT2D eigenvalue weighted by Crippen LogP contribution is -2.47. The van der Waals surface area contributed by atoms with E-state index < -0.39 is 15.8 Å². The molecule has 1 fully saturated rings. The standard InChI is InChI=1S/C14H22FN3O2S/c1-11-13(15)8-12(10-16-2)9-14(11)21(19,20)18-6-4-17(3)5-7-18/h8-9,16H,4-7,10H2,1-3H3. The minimum atomic E-state index is -3.64. The van der Waals surface area contributed by atoms with Gasteiger partial charge in [0, 0.05) is 38.3 Å². The zero-order valence-corrected chi connectivity index (χ0v) is 13.5. The fourth-order valence-electron chi connectivity index (χ4n) is 2.45. The summed E-state index contributed by atoms with van der Waals surface area (Å²) < 4.78 is 40.9. The first-order valence-electron chi connectivity index (χ1n) is 6.98. The molecular formula is C14H22FN3O2S. The van der Waals surface area contributed by atoms with E-state index >= 15 is 0 Å². The van der Waals surface area contributed by atoms with Crippen LogP contribution in [0.15, 0.2) is 17.0 Å². The van der Waals surface area contributed by atoms with E-state index in [1.165, 1.54) is 17.3 Å². The average molecular weight is 315 g/mol. The number of halogens is 1. The van der Waals surface area contributed by atoms with Crippen molar-refractivity contribution in [3.8, 4) is 0 Å². The highest BCUT2D eigenvalue weighted by molar-refractivity contribution is 7.89. The lowest BCUT2D eigenvalue weighted by Gasteiger charge is -2.32. The zero-order valence-electron chi connectivity index (χ0n) is 12.7. The summed E-state index contributed by atoms with van der Waals surface area (Å²) in [5.41, 5.74) is 0.821. The SMILES string of the molecule is CNCc1cc(F)c(C)c(S(=O)(=O)N2CCN(C)CC2)c1. The number of benzene rings is 1. The third kappa shape index (κ3) is 3.42. The Balaban J connectivity index is 2.39. The van der Waals surface area contributed by atoms with Gasteiger partial charge in [-0.25, -0.2) is 12.8 Å². The van der Waals surface area contributed by atoms with Gasteiger partial charge in [-0.05, 0) is 38.7 Å². The number of nitrogens with one attached hydrogen (secondary N) is 1. The number of hydrogen-bond acceptors (Lipinski definition) is 4. The molecule has 2 rings (SSSR count). The van der Waals surface area contributed by atoms with E-state index in [0.29, 0.717) is 38.3 Å². The molecular weight excluding hydrogens is 293 g/mol. The fraction of sp³-hybridized carbons (Fsp3) is 0.571. The minimum absolute atomic E-state index is 0.0808. The van der Waals surface area contributed by atoms with E-state index in [2.05, 4.69) is 10.2 Å². The summed E-state index contributed by atoms with van der Waals surface area (Å²) >= 11 is 0. The third-order valence-corrected chi connectivity index (χ3v) is 5.84. The minimum Gasteiger partial charge on any atom is -0.316 e. The molecule has 1 aromatic carbocycles. The lowest BCUT2D eigenvalue weighted by atomic mass is 10.1. The van der Waals surface area contributed by atoms with Crippen LogP contribution in [-0.2, 0) is 16.6 Å². The van der Waals surface area contributed by atoms with Gasteiger partial charge in [0.2, 0.25) is 10.0 Å². The number of sulfonamides is 1. The maximum absolute atomic E-state index is 14.0. The Bertz CT molecular complexity index is 611. The largest absolute Gasteiger partial charge is 0.316 e. The summed E-state index contributed by atoms with van der Waals surface area (Å²) in [4.78, 5) is 2.16. The first kappa shape index (κ1) is 16.4. The second-order valence-electron chi connectivity index (χ2n) is 5.44. The monoisotopic (exact) mass is 315 g/mol. The van der Waals surface area contributed by atoms with Crippen LogP contribution in [0.5, 0.6) is 0 Å². The van der Waals surface area contributed by atoms with Crippen molar-refractivity contribution in [2.75, 3.05) is 40.3 Å². The van der Waals surface area contributed by atoms with Gasteiger partial charge >= 0.3 is 0 Å². The lowest BCUT2D eigenvalue weighted by molar-refractivity contribution is 0.222. The predicted octanol–water partition coefficient (Wildman–Crippen LogP) is 0.790. The van der Waals surface area contributed by atoms with E-state index in [0.717, 1.165) is 0 Å². The van der Waals surface area contributed by atoms with E-state index in [1.54, 1.807) is 13.1 Å². The molecule has 0 atom stereocenters. The van der Waals surface area contributed by atoms with Crippen molar-refractivity contribution in [2.45, 2.75) is 18.4 Å². The zero-order chi connectivity index (χ0) is 15.6. The molecule has 0 saturated carbocycles. The Morgan fingerprint density at radius 2 is 1.86 bits per heavy atom. The molecule has 0 amide bonds. The first-order valence-corrected chi connectivity index (χ1v) is 8.42. The Kier molecular flexibility index (Phi) is 4.98. The molecule has 0 radical (unpaired) electrons. The van der Waals surface area contributed by atoms with Crippen molar-refractivity contribution in [3.63, 3.8) is 0 Å². The van der Waals surface area contributed by atoms with Gasteiger partial charge in [-0.1, -0.05) is 0 Å². The smallest absolute Gasteiger partial charge is 0.243 e. The van der Waals surface area contributed by atoms with Crippen LogP contribution in [0.4, 0.5) is 4.39 Å². The van der Waals surface area contributed by atoms with Crippen LogP contribution in [0.25, 0.3) is 0 Å². The molecule has 1 heterocycles. The second-order valence-corrected chi connectivity index (χ2v) is 7.34. The van der Waals surface area contributed by atoms with E-state index in [9.17, 15) is 12.8 Å². The van der Waals surface area contributed by atoms with Crippen LogP contribution in [0, 0.1) is 12.7 Å². The fourth-order valence-corrected chi connectivity index (χ4v) is 4.16. The third-order valence-electron chi connectivity index (χ3n) is 3.82. The number of hydrogen-bond donors (Lipinski definition) is 1. The molecule has 1 N–H and O–H groups in total. The van der Waals surface area contributed by atoms with Crippen LogP contribution < -0.4 is 5.32 Å². The van der Waals surface area contributed by atoms with Crippen LogP contribution >= 0.6 is 0 Å². The quantitative estimate of drug-likeness (QED) is 0.892. The molecule has 1 aliphatic heterocycles. The van der Waals surface area contributed by atoms with Crippen molar-refractivity contribution >= 4 is 10.0 Å². The topological polar surface area (TPSA) is 52.7 Å². The molecule has 21 heavy (non-hydrogen) atoms. The van der Waals surface area contributed by atoms with Gasteiger partial charge in [0.1, 0.15) is 5.82 Å². The van der Waals surface area contributed by atoms with E-state index in [4.69, 9.17) is 0 Å². The maximum Gasteiger partial charge on any atom is 0.243 e. The number of rotatable bonds is 4. The summed E-state index contributed by atoms with van der Waals surface area (Å²) in [6.07, 6.45) is 0. The highest BCUT2D eigenvalue weighted by Crippen LogP contribution is 2.24. The maximum atomic E-state index is 14.0. The van der Waals surface area contributed by atoms with Crippen LogP contribution in [0.3, 0.4) is 0 Å². The van der Waals surface area contributed by atoms with Crippen molar-refractivity contribution in [2.24, 2.45) is 0 Å². The molecule has 0 spiro atoms. The molecule has 7 heteroatoms. The highest BCUT2D eigenvalue weighted by atomic mass is 32.2. The van der Waals surface area contributed by atoms with Gasteiger partial charge in [0.05, 0.1) is 4.90 Å². The van der Waals surface area contributed by atoms with Crippen molar-refractivity contribution < 1.29 is 12.8 Å². The van der Waals surface area contributed by atoms with Crippen molar-refractivity contribution in [1.29, 1.82) is 0 Å². The van der Waals surface area contributed by atoms with Gasteiger partial charge in [0.15, 0.2) is 0 Å². The Labute approximate surface area is 125 Å². The molecule has 118 valence electrons. The first-order chi connectivity index (χ1) is 9.86. The number of nitrogens with zero attached hydrogens (tertiary/aromatic N) is 2. The van der Waals surface area contributed by atoms with Gasteiger partial charge in [-0.2, -0.15) is 4.31 Å². The van der Waals surface area contributed by atoms with Gasteiger partial charge in [-0.3, -0.25) is 0 Å². The number of likely N-dealkylation sites (N-methyl/N-ethyl adjacent to an activating group) is 1. The Hall–Kier alpha value is -1.02. The summed E-state index contributed by atoms with van der Waals surface area (Å²) in [6, 6.07) is 2.96. The Morgan fingerprint density at radius 3 is 2.43 bits per heavy atom. The van der Waals surface area contributed by atoms with E-state index in [1.807, 2.05) is 7.05 Å². The second kappa shape index (κ2) is 6.39. The predicted molar refractivity (Wildman–Crippen MR) is 80.2 cm³/mol. The molecule has 1 aliphatic rings. The van der Waals surface area contributed by atoms with Crippen LogP contribution in [-0.4, -0.2) is 57.9 Å². The van der Waals surface area contributed by atoms with Crippen molar-refractivity contribution in [1.82, 2.24) is 14.5 Å². The Morgan fingerprint density at radius 1 is 1.24 bits per heavy atom. The molecule has 0 bridgehead atoms. The summed E-state index contributed by atoms with van der Waals surface area (Å²) in [5.74, 6) is -0.476. The molecule has 0 aromatic heterocycles. The van der Waals surface area contributed by atoms with Crippen LogP contribution in [0.1, 0.15) is 11.1 Å². The molecule has 1 saturated heterocycles. The average Bonchev–Trinajstić information content (AvgIpc) is 2.43. The van der Waals surface area contributed by atoms with Gasteiger partial charge < -0.3 is 10.2 Å². The summed E-state index contributed by atoms with van der Waals surface area (Å²) in [6.45, 7) is 4.21. The number of piperazine rings is 1. The molecule has 0 unspecified atom stereocenters.